The molecule has 0 unspecified atom stereocenters. The molecule has 0 aliphatic rings. The number of hydrogen-bond donors (Lipinski definition) is 1. The molecule has 3 aromatic carbocycles. The maximum absolute atomic E-state index is 13.0. The van der Waals surface area contributed by atoms with Gasteiger partial charge in [-0.3, -0.25) is 9.59 Å². The number of ether oxygens (including phenoxy) is 2. The average molecular weight is 422 g/mol. The third-order valence-corrected chi connectivity index (χ3v) is 5.12. The first-order valence-electron chi connectivity index (χ1n) is 9.62. The highest BCUT2D eigenvalue weighted by Gasteiger charge is 2.26. The molecule has 0 bridgehead atoms. The van der Waals surface area contributed by atoms with Crippen molar-refractivity contribution < 1.29 is 19.1 Å². The van der Waals surface area contributed by atoms with Gasteiger partial charge in [0.15, 0.2) is 0 Å². The molecule has 3 rings (SSSR count). The van der Waals surface area contributed by atoms with Gasteiger partial charge in [0, 0.05) is 10.5 Å². The minimum absolute atomic E-state index is 0.107. The Labute approximate surface area is 180 Å². The largest absolute Gasteiger partial charge is 0.492 e. The normalized spacial score (nSPS) is 11.4. The molecule has 5 nitrogen and oxygen atoms in total. The van der Waals surface area contributed by atoms with Crippen molar-refractivity contribution in [2.75, 3.05) is 17.7 Å². The molecule has 0 radical (unpaired) electrons. The first-order chi connectivity index (χ1) is 14.7. The van der Waals surface area contributed by atoms with Crippen molar-refractivity contribution >= 4 is 29.3 Å². The Morgan fingerprint density at radius 1 is 0.900 bits per heavy atom. The van der Waals surface area contributed by atoms with Crippen LogP contribution in [0.2, 0.25) is 0 Å². The zero-order valence-corrected chi connectivity index (χ0v) is 17.4. The van der Waals surface area contributed by atoms with E-state index in [4.69, 9.17) is 9.47 Å². The summed E-state index contributed by atoms with van der Waals surface area (Å²) in [6, 6.07) is 25.7. The maximum atomic E-state index is 13.0. The second kappa shape index (κ2) is 11.1. The third-order valence-electron chi connectivity index (χ3n) is 4.13. The van der Waals surface area contributed by atoms with E-state index in [1.165, 1.54) is 11.8 Å². The standard InChI is InChI=1S/C24H23NO4S/c1-2-28-21-16-10-9-15-20(21)25-24(27)23(18-11-5-3-6-12-18)29-22(26)17-30-19-13-7-4-8-14-19/h3-16,23H,2,17H2,1H3,(H,25,27)/t23-/m1/s1. The fourth-order valence-electron chi connectivity index (χ4n) is 2.77. The number of nitrogens with one attached hydrogen (secondary N) is 1. The molecule has 0 heterocycles. The number of carbonyl (C=O) groups excluding carboxylic acids is 2. The van der Waals surface area contributed by atoms with Crippen LogP contribution in [0, 0.1) is 0 Å². The van der Waals surface area contributed by atoms with E-state index in [0.29, 0.717) is 23.6 Å². The second-order valence-electron chi connectivity index (χ2n) is 6.30. The number of carbonyl (C=O) groups is 2. The van der Waals surface area contributed by atoms with Gasteiger partial charge in [0.2, 0.25) is 6.10 Å². The summed E-state index contributed by atoms with van der Waals surface area (Å²) in [4.78, 5) is 26.5. The Kier molecular flexibility index (Phi) is 7.92. The Morgan fingerprint density at radius 2 is 1.53 bits per heavy atom. The van der Waals surface area contributed by atoms with Crippen molar-refractivity contribution in [3.63, 3.8) is 0 Å². The van der Waals surface area contributed by atoms with Crippen LogP contribution in [-0.2, 0) is 14.3 Å². The second-order valence-corrected chi connectivity index (χ2v) is 7.35. The van der Waals surface area contributed by atoms with Gasteiger partial charge in [0.25, 0.3) is 5.91 Å². The van der Waals surface area contributed by atoms with E-state index < -0.39 is 18.0 Å². The van der Waals surface area contributed by atoms with Gasteiger partial charge in [-0.15, -0.1) is 11.8 Å². The number of rotatable bonds is 9. The fourth-order valence-corrected chi connectivity index (χ4v) is 3.48. The van der Waals surface area contributed by atoms with E-state index in [0.717, 1.165) is 4.90 Å². The summed E-state index contributed by atoms with van der Waals surface area (Å²) < 4.78 is 11.1. The van der Waals surface area contributed by atoms with E-state index in [-0.39, 0.29) is 5.75 Å². The molecule has 0 fully saturated rings. The summed E-state index contributed by atoms with van der Waals surface area (Å²) in [6.45, 7) is 2.35. The molecule has 1 amide bonds. The Hall–Kier alpha value is -3.25. The lowest BCUT2D eigenvalue weighted by Crippen LogP contribution is -2.26. The lowest BCUT2D eigenvalue weighted by molar-refractivity contribution is -0.152. The molecular weight excluding hydrogens is 398 g/mol. The first kappa shape index (κ1) is 21.5. The van der Waals surface area contributed by atoms with Crippen molar-refractivity contribution in [2.45, 2.75) is 17.9 Å². The molecule has 0 saturated heterocycles. The maximum Gasteiger partial charge on any atom is 0.317 e. The summed E-state index contributed by atoms with van der Waals surface area (Å²) >= 11 is 1.36. The van der Waals surface area contributed by atoms with Crippen molar-refractivity contribution in [1.82, 2.24) is 0 Å². The van der Waals surface area contributed by atoms with Crippen LogP contribution in [0.1, 0.15) is 18.6 Å². The van der Waals surface area contributed by atoms with Crippen LogP contribution in [0.4, 0.5) is 5.69 Å². The number of para-hydroxylation sites is 2. The molecule has 1 atom stereocenters. The van der Waals surface area contributed by atoms with Gasteiger partial charge in [-0.05, 0) is 31.2 Å². The summed E-state index contributed by atoms with van der Waals surface area (Å²) in [5.74, 6) is -0.237. The molecule has 0 aliphatic heterocycles. The van der Waals surface area contributed by atoms with Crippen LogP contribution in [0.25, 0.3) is 0 Å². The van der Waals surface area contributed by atoms with Crippen LogP contribution in [0.3, 0.4) is 0 Å². The molecule has 30 heavy (non-hydrogen) atoms. The highest BCUT2D eigenvalue weighted by molar-refractivity contribution is 8.00. The number of esters is 1. The SMILES string of the molecule is CCOc1ccccc1NC(=O)[C@H](OC(=O)CSc1ccccc1)c1ccccc1. The van der Waals surface area contributed by atoms with E-state index in [9.17, 15) is 9.59 Å². The zero-order chi connectivity index (χ0) is 21.2. The number of thioether (sulfide) groups is 1. The smallest absolute Gasteiger partial charge is 0.317 e. The Morgan fingerprint density at radius 3 is 2.23 bits per heavy atom. The van der Waals surface area contributed by atoms with Gasteiger partial charge in [0.1, 0.15) is 5.75 Å². The molecule has 0 aromatic heterocycles. The predicted molar refractivity (Wildman–Crippen MR) is 119 cm³/mol. The van der Waals surface area contributed by atoms with Crippen molar-refractivity contribution in [3.05, 3.63) is 90.5 Å². The minimum Gasteiger partial charge on any atom is -0.492 e. The van der Waals surface area contributed by atoms with Crippen LogP contribution < -0.4 is 10.1 Å². The van der Waals surface area contributed by atoms with Crippen molar-refractivity contribution in [3.8, 4) is 5.75 Å². The monoisotopic (exact) mass is 421 g/mol. The van der Waals surface area contributed by atoms with Gasteiger partial charge in [-0.25, -0.2) is 0 Å². The van der Waals surface area contributed by atoms with Crippen molar-refractivity contribution in [2.24, 2.45) is 0 Å². The Bertz CT molecular complexity index is 963. The number of anilines is 1. The lowest BCUT2D eigenvalue weighted by atomic mass is 10.1. The molecule has 0 saturated carbocycles. The van der Waals surface area contributed by atoms with Gasteiger partial charge in [-0.2, -0.15) is 0 Å². The summed E-state index contributed by atoms with van der Waals surface area (Å²) in [5.41, 5.74) is 1.13. The van der Waals surface area contributed by atoms with Gasteiger partial charge in [0.05, 0.1) is 18.0 Å². The summed E-state index contributed by atoms with van der Waals surface area (Å²) in [7, 11) is 0. The third kappa shape index (κ3) is 6.12. The van der Waals surface area contributed by atoms with E-state index in [2.05, 4.69) is 5.32 Å². The summed E-state index contributed by atoms with van der Waals surface area (Å²) in [6.07, 6.45) is -1.07. The average Bonchev–Trinajstić information content (AvgIpc) is 2.79. The molecule has 0 spiro atoms. The molecule has 1 N–H and O–H groups in total. The fraction of sp³-hybridized carbons (Fsp3) is 0.167. The Balaban J connectivity index is 1.72. The van der Waals surface area contributed by atoms with E-state index in [1.807, 2.05) is 49.4 Å². The highest BCUT2D eigenvalue weighted by Crippen LogP contribution is 2.27. The van der Waals surface area contributed by atoms with Crippen LogP contribution in [0.5, 0.6) is 5.75 Å². The predicted octanol–water partition coefficient (Wildman–Crippen LogP) is 5.10. The molecule has 0 aliphatic carbocycles. The highest BCUT2D eigenvalue weighted by atomic mass is 32.2. The first-order valence-corrected chi connectivity index (χ1v) is 10.6. The minimum atomic E-state index is -1.07. The number of amides is 1. The topological polar surface area (TPSA) is 64.6 Å². The van der Waals surface area contributed by atoms with Crippen LogP contribution >= 0.6 is 11.8 Å². The van der Waals surface area contributed by atoms with E-state index >= 15 is 0 Å². The molecule has 6 heteroatoms. The van der Waals surface area contributed by atoms with Crippen LogP contribution in [0.15, 0.2) is 89.8 Å². The van der Waals surface area contributed by atoms with Gasteiger partial charge < -0.3 is 14.8 Å². The number of benzene rings is 3. The molecule has 3 aromatic rings. The lowest BCUT2D eigenvalue weighted by Gasteiger charge is -2.19. The van der Waals surface area contributed by atoms with Crippen molar-refractivity contribution in [1.29, 1.82) is 0 Å². The van der Waals surface area contributed by atoms with Gasteiger partial charge in [-0.1, -0.05) is 60.7 Å². The van der Waals surface area contributed by atoms with E-state index in [1.54, 1.807) is 42.5 Å². The van der Waals surface area contributed by atoms with Crippen LogP contribution in [-0.4, -0.2) is 24.2 Å². The zero-order valence-electron chi connectivity index (χ0n) is 16.6. The summed E-state index contributed by atoms with van der Waals surface area (Å²) in [5, 5.41) is 2.83. The molecule has 154 valence electrons. The number of hydrogen-bond acceptors (Lipinski definition) is 5. The quantitative estimate of drug-likeness (QED) is 0.385. The molecular formula is C24H23NO4S. The van der Waals surface area contributed by atoms with Gasteiger partial charge >= 0.3 is 5.97 Å².